The number of nitrogens with zero attached hydrogens (tertiary/aromatic N) is 2. The van der Waals surface area contributed by atoms with Gasteiger partial charge in [-0.3, -0.25) is 19.3 Å². The van der Waals surface area contributed by atoms with E-state index in [1.165, 1.54) is 18.1 Å². The summed E-state index contributed by atoms with van der Waals surface area (Å²) in [4.78, 5) is 43.2. The number of benzene rings is 2. The number of anilines is 2. The number of carbonyl (C=O) groups is 3. The highest BCUT2D eigenvalue weighted by Gasteiger charge is 2.63. The number of rotatable bonds is 7. The Bertz CT molecular complexity index is 1660. The number of carbonyl (C=O) groups excluding carboxylic acids is 3. The van der Waals surface area contributed by atoms with E-state index in [2.05, 4.69) is 5.32 Å². The van der Waals surface area contributed by atoms with Crippen LogP contribution in [0.2, 0.25) is 0 Å². The lowest BCUT2D eigenvalue weighted by Gasteiger charge is -2.50. The zero-order valence-corrected chi connectivity index (χ0v) is 25.0. The molecule has 234 valence electrons. The van der Waals surface area contributed by atoms with Crippen molar-refractivity contribution in [2.45, 2.75) is 31.0 Å². The van der Waals surface area contributed by atoms with Crippen LogP contribution in [-0.2, 0) is 22.6 Å². The number of phenols is 2. The van der Waals surface area contributed by atoms with E-state index < -0.39 is 63.8 Å². The normalized spacial score (nSPS) is 24.6. The van der Waals surface area contributed by atoms with Crippen LogP contribution in [0.15, 0.2) is 46.9 Å². The first-order chi connectivity index (χ1) is 20.6. The molecule has 0 fully saturated rings. The van der Waals surface area contributed by atoms with E-state index in [0.29, 0.717) is 22.6 Å². The summed E-state index contributed by atoms with van der Waals surface area (Å²) >= 11 is 0. The van der Waals surface area contributed by atoms with Gasteiger partial charge in [-0.15, -0.1) is 0 Å². The van der Waals surface area contributed by atoms with Crippen LogP contribution in [0, 0.1) is 11.8 Å². The number of ketones is 2. The van der Waals surface area contributed by atoms with Crippen LogP contribution in [-0.4, -0.2) is 94.8 Å². The number of amides is 1. The van der Waals surface area contributed by atoms with Crippen molar-refractivity contribution in [3.8, 4) is 17.2 Å². The third-order valence-corrected chi connectivity index (χ3v) is 8.91. The second-order valence-electron chi connectivity index (χ2n) is 11.9. The molecule has 8 N–H and O–H groups in total. The monoisotopic (exact) mass is 608 g/mol. The number of nitrogens with two attached hydrogens (primary N) is 1. The Morgan fingerprint density at radius 2 is 1.80 bits per heavy atom. The molecule has 44 heavy (non-hydrogen) atoms. The van der Waals surface area contributed by atoms with Crippen LogP contribution in [0.3, 0.4) is 0 Å². The van der Waals surface area contributed by atoms with Crippen molar-refractivity contribution in [1.82, 2.24) is 4.90 Å². The average Bonchev–Trinajstić information content (AvgIpc) is 2.94. The molecule has 0 spiro atoms. The zero-order valence-electron chi connectivity index (χ0n) is 25.0. The summed E-state index contributed by atoms with van der Waals surface area (Å²) in [6.07, 6.45) is 0.169. The van der Waals surface area contributed by atoms with Gasteiger partial charge in [0.15, 0.2) is 22.9 Å². The Morgan fingerprint density at radius 1 is 1.11 bits per heavy atom. The van der Waals surface area contributed by atoms with Crippen molar-refractivity contribution < 1.29 is 44.7 Å². The maximum Gasteiger partial charge on any atom is 0.255 e. The lowest BCUT2D eigenvalue weighted by atomic mass is 9.58. The second kappa shape index (κ2) is 10.8. The van der Waals surface area contributed by atoms with Gasteiger partial charge in [0.1, 0.15) is 22.8 Å². The molecule has 5 rings (SSSR count). The third kappa shape index (κ3) is 4.42. The maximum absolute atomic E-state index is 14.2. The smallest absolute Gasteiger partial charge is 0.255 e. The Labute approximate surface area is 253 Å². The number of ether oxygens (including phenoxy) is 1. The van der Waals surface area contributed by atoms with Crippen LogP contribution < -0.4 is 20.7 Å². The van der Waals surface area contributed by atoms with Gasteiger partial charge in [0.05, 0.1) is 24.4 Å². The predicted molar refractivity (Wildman–Crippen MR) is 160 cm³/mol. The largest absolute Gasteiger partial charge is 0.510 e. The standard InChI is InChI=1S/C31H36N4O9/c1-34(2)18-11-17(33-12-13-6-7-20(44-5)19(36)8-13)25(37)22-15(18)9-14-10-16-24(35(3)4)27(39)23(30(32)42)29(41)31(16,43)28(40)21(14)26(22)38/h6-8,11,14,16,24,33,36-37,39-40,43H,9-10,12H2,1-5H3,(H2,32,42)/t14-,16-,24-,31+/m1/s1. The summed E-state index contributed by atoms with van der Waals surface area (Å²) < 4.78 is 5.08. The van der Waals surface area contributed by atoms with Gasteiger partial charge in [0.2, 0.25) is 5.78 Å². The van der Waals surface area contributed by atoms with E-state index in [9.17, 15) is 39.9 Å². The summed E-state index contributed by atoms with van der Waals surface area (Å²) in [6.45, 7) is 0.162. The summed E-state index contributed by atoms with van der Waals surface area (Å²) in [5.41, 5.74) is 3.49. The molecule has 3 aliphatic rings. The highest BCUT2D eigenvalue weighted by molar-refractivity contribution is 6.25. The number of aromatic hydroxyl groups is 2. The summed E-state index contributed by atoms with van der Waals surface area (Å²) in [7, 11) is 8.15. The summed E-state index contributed by atoms with van der Waals surface area (Å²) in [6, 6.07) is 5.45. The quantitative estimate of drug-likeness (QED) is 0.176. The fraction of sp³-hybridized carbons (Fsp3) is 0.387. The molecule has 13 nitrogen and oxygen atoms in total. The number of hydrogen-bond acceptors (Lipinski definition) is 12. The molecule has 3 aliphatic carbocycles. The van der Waals surface area contributed by atoms with Gasteiger partial charge in [0, 0.05) is 37.8 Å². The van der Waals surface area contributed by atoms with Gasteiger partial charge < -0.3 is 46.2 Å². The van der Waals surface area contributed by atoms with Crippen LogP contribution in [0.1, 0.15) is 27.9 Å². The highest BCUT2D eigenvalue weighted by atomic mass is 16.5. The van der Waals surface area contributed by atoms with E-state index in [-0.39, 0.29) is 42.0 Å². The first-order valence-corrected chi connectivity index (χ1v) is 14.0. The molecule has 2 aromatic carbocycles. The van der Waals surface area contributed by atoms with Crippen LogP contribution >= 0.6 is 0 Å². The molecule has 1 amide bonds. The van der Waals surface area contributed by atoms with Crippen LogP contribution in [0.4, 0.5) is 11.4 Å². The van der Waals surface area contributed by atoms with Gasteiger partial charge in [-0.2, -0.15) is 0 Å². The van der Waals surface area contributed by atoms with E-state index in [1.54, 1.807) is 51.3 Å². The van der Waals surface area contributed by atoms with Gasteiger partial charge >= 0.3 is 0 Å². The second-order valence-corrected chi connectivity index (χ2v) is 11.9. The number of nitrogens with one attached hydrogen (secondary N) is 1. The minimum absolute atomic E-state index is 0.000354. The van der Waals surface area contributed by atoms with Crippen molar-refractivity contribution in [1.29, 1.82) is 0 Å². The number of primary amides is 1. The fourth-order valence-corrected chi connectivity index (χ4v) is 6.88. The topological polar surface area (TPSA) is 206 Å². The number of Topliss-reactive ketones (excluding diaryl/α,β-unsaturated/α-hetero) is 2. The Balaban J connectivity index is 1.62. The first kappa shape index (κ1) is 30.7. The van der Waals surface area contributed by atoms with Gasteiger partial charge in [-0.05, 0) is 62.2 Å². The van der Waals surface area contributed by atoms with E-state index in [1.807, 2.05) is 0 Å². The number of allylic oxidation sites excluding steroid dienone is 1. The van der Waals surface area contributed by atoms with Gasteiger partial charge in [0.25, 0.3) is 5.91 Å². The van der Waals surface area contributed by atoms with E-state index in [0.717, 1.165) is 0 Å². The molecule has 0 bridgehead atoms. The lowest BCUT2D eigenvalue weighted by molar-refractivity contribution is -0.148. The van der Waals surface area contributed by atoms with Gasteiger partial charge in [-0.25, -0.2) is 0 Å². The van der Waals surface area contributed by atoms with Crippen LogP contribution in [0.25, 0.3) is 0 Å². The molecule has 0 aromatic heterocycles. The summed E-state index contributed by atoms with van der Waals surface area (Å²) in [5, 5.41) is 58.9. The number of aliphatic hydroxyl groups is 3. The molecule has 0 radical (unpaired) electrons. The van der Waals surface area contributed by atoms with Crippen molar-refractivity contribution in [3.63, 3.8) is 0 Å². The molecule has 13 heteroatoms. The Morgan fingerprint density at radius 3 is 2.36 bits per heavy atom. The highest BCUT2D eigenvalue weighted by Crippen LogP contribution is 2.54. The van der Waals surface area contributed by atoms with Crippen molar-refractivity contribution in [2.75, 3.05) is 45.5 Å². The summed E-state index contributed by atoms with van der Waals surface area (Å²) in [5.74, 6) is -6.82. The molecule has 0 heterocycles. The van der Waals surface area contributed by atoms with Gasteiger partial charge in [-0.1, -0.05) is 6.07 Å². The molecule has 0 aliphatic heterocycles. The van der Waals surface area contributed by atoms with Crippen LogP contribution in [0.5, 0.6) is 17.2 Å². The molecular weight excluding hydrogens is 572 g/mol. The SMILES string of the molecule is COc1ccc(CNc2cc(N(C)C)c3c(c2O)C(=O)C2=C(O)[C@]4(O)C(=O)C(C(N)=O)=C(O)[C@H](N(C)C)[C@H]4C[C@H]2C3)cc1O. The molecule has 4 atom stereocenters. The number of fused-ring (bicyclic) bond motifs is 3. The number of phenolic OH excluding ortho intramolecular Hbond substituents is 2. The predicted octanol–water partition coefficient (Wildman–Crippen LogP) is 1.51. The molecule has 0 unspecified atom stereocenters. The molecule has 0 saturated carbocycles. The molecule has 2 aromatic rings. The molecule has 0 saturated heterocycles. The van der Waals surface area contributed by atoms with Crippen molar-refractivity contribution >= 4 is 28.8 Å². The number of aliphatic hydroxyl groups excluding tert-OH is 2. The third-order valence-electron chi connectivity index (χ3n) is 8.91. The van der Waals surface area contributed by atoms with E-state index >= 15 is 0 Å². The average molecular weight is 609 g/mol. The number of methoxy groups -OCH3 is 1. The minimum atomic E-state index is -2.71. The zero-order chi connectivity index (χ0) is 32.4. The Kier molecular flexibility index (Phi) is 7.50. The fourth-order valence-electron chi connectivity index (χ4n) is 6.88. The minimum Gasteiger partial charge on any atom is -0.510 e. The number of likely N-dealkylation sites (N-methyl/N-ethyl adjacent to an activating group) is 1. The number of hydrogen-bond donors (Lipinski definition) is 7. The van der Waals surface area contributed by atoms with E-state index in [4.69, 9.17) is 10.5 Å². The molecular formula is C31H36N4O9. The Hall–Kier alpha value is -4.75. The lowest BCUT2D eigenvalue weighted by Crippen LogP contribution is -2.63. The van der Waals surface area contributed by atoms with Crippen molar-refractivity contribution in [2.24, 2.45) is 17.6 Å². The first-order valence-electron chi connectivity index (χ1n) is 14.0. The maximum atomic E-state index is 14.2. The van der Waals surface area contributed by atoms with Crippen molar-refractivity contribution in [3.05, 3.63) is 63.6 Å².